The molecule has 0 unspecified atom stereocenters. The Labute approximate surface area is 222 Å². The molecule has 1 atom stereocenters. The molecule has 1 aromatic carbocycles. The van der Waals surface area contributed by atoms with Gasteiger partial charge in [0, 0.05) is 30.1 Å². The average molecular weight is 540 g/mol. The first-order valence-corrected chi connectivity index (χ1v) is 14.2. The van der Waals surface area contributed by atoms with E-state index in [1.54, 1.807) is 43.2 Å². The van der Waals surface area contributed by atoms with Gasteiger partial charge in [0.2, 0.25) is 0 Å². The summed E-state index contributed by atoms with van der Waals surface area (Å²) >= 11 is 2.92. The molecule has 0 amide bonds. The van der Waals surface area contributed by atoms with E-state index < -0.39 is 12.0 Å². The second kappa shape index (κ2) is 10.7. The number of aromatic nitrogens is 1. The highest BCUT2D eigenvalue weighted by Crippen LogP contribution is 2.32. The minimum Gasteiger partial charge on any atom is -0.459 e. The topological polar surface area (TPSA) is 86.3 Å². The zero-order valence-electron chi connectivity index (χ0n) is 21.2. The fourth-order valence-electron chi connectivity index (χ4n) is 4.46. The average Bonchev–Trinajstić information content (AvgIpc) is 3.48. The van der Waals surface area contributed by atoms with Gasteiger partial charge in [-0.2, -0.15) is 0 Å². The Bertz CT molecular complexity index is 1510. The third kappa shape index (κ3) is 5.18. The molecule has 1 fully saturated rings. The Morgan fingerprint density at radius 1 is 1.19 bits per heavy atom. The number of esters is 1. The maximum Gasteiger partial charge on any atom is 0.338 e. The SMILES string of the molecule is CSc1ccc([C@H]2C(C(=O)OC(C)C)=C(C)N=c3s/c(=C\c4ccc(N5CCOCC5)o4)c(=O)n32)cc1. The van der Waals surface area contributed by atoms with E-state index in [9.17, 15) is 9.59 Å². The number of thiazole rings is 1. The summed E-state index contributed by atoms with van der Waals surface area (Å²) in [4.78, 5) is 35.4. The van der Waals surface area contributed by atoms with Gasteiger partial charge in [0.25, 0.3) is 5.56 Å². The summed E-state index contributed by atoms with van der Waals surface area (Å²) in [6.07, 6.45) is 3.45. The number of furan rings is 1. The smallest absolute Gasteiger partial charge is 0.338 e. The number of nitrogens with zero attached hydrogens (tertiary/aromatic N) is 3. The fraction of sp³-hybridized carbons (Fsp3) is 0.370. The van der Waals surface area contributed by atoms with Crippen molar-refractivity contribution in [3.05, 3.63) is 78.7 Å². The number of rotatable bonds is 6. The summed E-state index contributed by atoms with van der Waals surface area (Å²) in [6.45, 7) is 8.25. The van der Waals surface area contributed by atoms with Crippen LogP contribution >= 0.6 is 23.1 Å². The molecule has 0 spiro atoms. The lowest BCUT2D eigenvalue weighted by Gasteiger charge is -2.26. The maximum absolute atomic E-state index is 13.8. The van der Waals surface area contributed by atoms with Gasteiger partial charge in [-0.3, -0.25) is 9.36 Å². The zero-order valence-corrected chi connectivity index (χ0v) is 22.9. The zero-order chi connectivity index (χ0) is 26.1. The maximum atomic E-state index is 13.8. The Balaban J connectivity index is 1.60. The van der Waals surface area contributed by atoms with Crippen LogP contribution in [0.2, 0.25) is 0 Å². The van der Waals surface area contributed by atoms with Gasteiger partial charge in [-0.15, -0.1) is 11.8 Å². The van der Waals surface area contributed by atoms with Gasteiger partial charge in [0.15, 0.2) is 10.7 Å². The number of carbonyl (C=O) groups excluding carboxylic acids is 1. The molecule has 194 valence electrons. The molecule has 2 aliphatic rings. The molecule has 2 aliphatic heterocycles. The van der Waals surface area contributed by atoms with Crippen molar-refractivity contribution in [1.29, 1.82) is 0 Å². The van der Waals surface area contributed by atoms with Crippen LogP contribution in [0, 0.1) is 0 Å². The molecule has 10 heteroatoms. The Morgan fingerprint density at radius 3 is 2.59 bits per heavy atom. The minimum absolute atomic E-state index is 0.227. The lowest BCUT2D eigenvalue weighted by atomic mass is 9.96. The van der Waals surface area contributed by atoms with Crippen molar-refractivity contribution >= 4 is 41.0 Å². The van der Waals surface area contributed by atoms with Crippen LogP contribution in [0.5, 0.6) is 0 Å². The molecule has 3 aromatic rings. The van der Waals surface area contributed by atoms with Crippen molar-refractivity contribution in [2.75, 3.05) is 37.5 Å². The van der Waals surface area contributed by atoms with Crippen LogP contribution in [-0.4, -0.2) is 49.2 Å². The molecule has 0 saturated carbocycles. The van der Waals surface area contributed by atoms with E-state index in [0.29, 0.717) is 39.6 Å². The third-order valence-corrected chi connectivity index (χ3v) is 7.95. The molecule has 8 nitrogen and oxygen atoms in total. The first kappa shape index (κ1) is 25.6. The molecule has 0 N–H and O–H groups in total. The number of thioether (sulfide) groups is 1. The molecule has 0 radical (unpaired) electrons. The van der Waals surface area contributed by atoms with Crippen LogP contribution in [0.25, 0.3) is 6.08 Å². The molecule has 37 heavy (non-hydrogen) atoms. The standard InChI is InChI=1S/C27H29N3O5S2/c1-16(2)34-26(32)23-17(3)28-27-30(24(23)18-5-8-20(36-4)9-6-18)25(31)21(37-27)15-19-7-10-22(35-19)29-11-13-33-14-12-29/h5-10,15-16,24H,11-14H2,1-4H3/b21-15-/t24-/m0/s1. The fourth-order valence-corrected chi connectivity index (χ4v) is 5.90. The summed E-state index contributed by atoms with van der Waals surface area (Å²) in [5, 5.41) is 0. The van der Waals surface area contributed by atoms with E-state index in [1.165, 1.54) is 11.3 Å². The van der Waals surface area contributed by atoms with E-state index in [1.807, 2.05) is 42.7 Å². The number of hydrogen-bond acceptors (Lipinski definition) is 9. The number of carbonyl (C=O) groups is 1. The second-order valence-electron chi connectivity index (χ2n) is 9.08. The Hall–Kier alpha value is -3.08. The van der Waals surface area contributed by atoms with Crippen LogP contribution in [0.3, 0.4) is 0 Å². The number of allylic oxidation sites excluding steroid dienone is 1. The lowest BCUT2D eigenvalue weighted by Crippen LogP contribution is -2.40. The lowest BCUT2D eigenvalue weighted by molar-refractivity contribution is -0.143. The number of hydrogen-bond donors (Lipinski definition) is 0. The second-order valence-corrected chi connectivity index (χ2v) is 11.0. The highest BCUT2D eigenvalue weighted by atomic mass is 32.2. The number of benzene rings is 1. The molecule has 5 rings (SSSR count). The quantitative estimate of drug-likeness (QED) is 0.351. The van der Waals surface area contributed by atoms with Crippen molar-refractivity contribution in [3.8, 4) is 0 Å². The first-order chi connectivity index (χ1) is 17.9. The molecule has 2 aromatic heterocycles. The predicted octanol–water partition coefficient (Wildman–Crippen LogP) is 3.34. The van der Waals surface area contributed by atoms with Gasteiger partial charge >= 0.3 is 5.97 Å². The van der Waals surface area contributed by atoms with Gasteiger partial charge in [-0.1, -0.05) is 23.5 Å². The van der Waals surface area contributed by atoms with E-state index in [0.717, 1.165) is 29.4 Å². The summed E-state index contributed by atoms with van der Waals surface area (Å²) < 4.78 is 19.1. The highest BCUT2D eigenvalue weighted by molar-refractivity contribution is 7.98. The van der Waals surface area contributed by atoms with Crippen molar-refractivity contribution < 1.29 is 18.7 Å². The van der Waals surface area contributed by atoms with Crippen molar-refractivity contribution in [2.45, 2.75) is 37.8 Å². The van der Waals surface area contributed by atoms with Crippen LogP contribution in [0.15, 0.2) is 66.8 Å². The monoisotopic (exact) mass is 539 g/mol. The Kier molecular flexibility index (Phi) is 7.41. The molecule has 4 heterocycles. The predicted molar refractivity (Wildman–Crippen MR) is 145 cm³/mol. The van der Waals surface area contributed by atoms with E-state index in [2.05, 4.69) is 9.89 Å². The minimum atomic E-state index is -0.638. The highest BCUT2D eigenvalue weighted by Gasteiger charge is 2.33. The first-order valence-electron chi connectivity index (χ1n) is 12.2. The molecular formula is C27H29N3O5S2. The van der Waals surface area contributed by atoms with Crippen molar-refractivity contribution in [1.82, 2.24) is 4.57 Å². The van der Waals surface area contributed by atoms with Gasteiger partial charge < -0.3 is 18.8 Å². The van der Waals surface area contributed by atoms with Gasteiger partial charge in [-0.05, 0) is 50.8 Å². The normalized spacial score (nSPS) is 18.2. The van der Waals surface area contributed by atoms with Crippen molar-refractivity contribution in [2.24, 2.45) is 4.99 Å². The van der Waals surface area contributed by atoms with E-state index >= 15 is 0 Å². The van der Waals surface area contributed by atoms with Crippen LogP contribution in [0.4, 0.5) is 5.88 Å². The van der Waals surface area contributed by atoms with Crippen LogP contribution < -0.4 is 19.8 Å². The van der Waals surface area contributed by atoms with Crippen LogP contribution in [-0.2, 0) is 14.3 Å². The number of fused-ring (bicyclic) bond motifs is 1. The van der Waals surface area contributed by atoms with Gasteiger partial charge in [0.05, 0.1) is 41.2 Å². The summed E-state index contributed by atoms with van der Waals surface area (Å²) in [7, 11) is 0. The third-order valence-electron chi connectivity index (χ3n) is 6.22. The number of anilines is 1. The molecular weight excluding hydrogens is 510 g/mol. The molecule has 1 saturated heterocycles. The van der Waals surface area contributed by atoms with E-state index in [4.69, 9.17) is 13.9 Å². The van der Waals surface area contributed by atoms with Crippen molar-refractivity contribution in [3.63, 3.8) is 0 Å². The molecule has 0 bridgehead atoms. The summed E-state index contributed by atoms with van der Waals surface area (Å²) in [5.41, 5.74) is 1.51. The summed E-state index contributed by atoms with van der Waals surface area (Å²) in [5.74, 6) is 0.872. The molecule has 0 aliphatic carbocycles. The Morgan fingerprint density at radius 2 is 1.92 bits per heavy atom. The number of ether oxygens (including phenoxy) is 2. The largest absolute Gasteiger partial charge is 0.459 e. The van der Waals surface area contributed by atoms with Gasteiger partial charge in [0.1, 0.15) is 5.76 Å². The van der Waals surface area contributed by atoms with E-state index in [-0.39, 0.29) is 11.7 Å². The summed E-state index contributed by atoms with van der Waals surface area (Å²) in [6, 6.07) is 11.0. The van der Waals surface area contributed by atoms with Gasteiger partial charge in [-0.25, -0.2) is 9.79 Å². The number of morpholine rings is 1. The van der Waals surface area contributed by atoms with Crippen LogP contribution in [0.1, 0.15) is 38.1 Å².